The summed E-state index contributed by atoms with van der Waals surface area (Å²) in [6, 6.07) is 18.6. The molecule has 0 unspecified atom stereocenters. The van der Waals surface area contributed by atoms with Gasteiger partial charge in [0.25, 0.3) is 0 Å². The Hall–Kier alpha value is -2.60. The third-order valence-corrected chi connectivity index (χ3v) is 5.83. The van der Waals surface area contributed by atoms with Crippen molar-refractivity contribution in [2.24, 2.45) is 0 Å². The van der Waals surface area contributed by atoms with Gasteiger partial charge in [-0.3, -0.25) is 4.79 Å². The van der Waals surface area contributed by atoms with Crippen molar-refractivity contribution in [3.05, 3.63) is 65.7 Å². The number of rotatable bonds is 9. The first-order valence-corrected chi connectivity index (χ1v) is 11.0. The summed E-state index contributed by atoms with van der Waals surface area (Å²) < 4.78 is 2.07. The molecule has 0 aliphatic carbocycles. The normalized spacial score (nSPS) is 12.0. The van der Waals surface area contributed by atoms with E-state index in [0.29, 0.717) is 5.75 Å². The molecule has 2 aromatic carbocycles. The number of thioether (sulfide) groups is 1. The van der Waals surface area contributed by atoms with Crippen molar-refractivity contribution in [1.29, 1.82) is 0 Å². The Morgan fingerprint density at radius 1 is 1.10 bits per heavy atom. The van der Waals surface area contributed by atoms with Crippen molar-refractivity contribution < 1.29 is 4.79 Å². The Morgan fingerprint density at radius 3 is 2.55 bits per heavy atom. The van der Waals surface area contributed by atoms with E-state index in [1.54, 1.807) is 0 Å². The van der Waals surface area contributed by atoms with Crippen molar-refractivity contribution in [2.45, 2.75) is 51.4 Å². The third-order valence-electron chi connectivity index (χ3n) is 4.87. The SMILES string of the molecule is CCn1c(SCC(=O)N[C@@H](C)CCc2ccccc2)nnc1-c1ccccc1C. The summed E-state index contributed by atoms with van der Waals surface area (Å²) >= 11 is 1.43. The molecule has 0 saturated carbocycles. The van der Waals surface area contributed by atoms with Gasteiger partial charge < -0.3 is 9.88 Å². The van der Waals surface area contributed by atoms with Crippen LogP contribution in [-0.4, -0.2) is 32.5 Å². The van der Waals surface area contributed by atoms with Crippen LogP contribution in [0.2, 0.25) is 0 Å². The lowest BCUT2D eigenvalue weighted by atomic mass is 10.1. The molecule has 0 fully saturated rings. The van der Waals surface area contributed by atoms with Gasteiger partial charge in [-0.15, -0.1) is 10.2 Å². The van der Waals surface area contributed by atoms with Gasteiger partial charge in [-0.1, -0.05) is 66.4 Å². The maximum absolute atomic E-state index is 12.4. The molecule has 0 aliphatic rings. The molecule has 6 heteroatoms. The topological polar surface area (TPSA) is 59.8 Å². The molecular weight excluding hydrogens is 380 g/mol. The molecule has 1 heterocycles. The number of aromatic nitrogens is 3. The van der Waals surface area contributed by atoms with Gasteiger partial charge in [-0.05, 0) is 44.7 Å². The lowest BCUT2D eigenvalue weighted by Gasteiger charge is -2.14. The van der Waals surface area contributed by atoms with E-state index in [-0.39, 0.29) is 11.9 Å². The van der Waals surface area contributed by atoms with Crippen LogP contribution in [0.1, 0.15) is 31.4 Å². The van der Waals surface area contributed by atoms with Crippen LogP contribution in [0.5, 0.6) is 0 Å². The predicted molar refractivity (Wildman–Crippen MR) is 119 cm³/mol. The quantitative estimate of drug-likeness (QED) is 0.530. The van der Waals surface area contributed by atoms with Gasteiger partial charge in [0.1, 0.15) is 0 Å². The molecule has 0 radical (unpaired) electrons. The first-order chi connectivity index (χ1) is 14.1. The highest BCUT2D eigenvalue weighted by Gasteiger charge is 2.16. The maximum atomic E-state index is 12.4. The van der Waals surface area contributed by atoms with Gasteiger partial charge in [-0.2, -0.15) is 0 Å². The Balaban J connectivity index is 1.54. The number of carbonyl (C=O) groups is 1. The fourth-order valence-corrected chi connectivity index (χ4v) is 4.06. The van der Waals surface area contributed by atoms with Crippen LogP contribution in [0.4, 0.5) is 0 Å². The molecule has 1 aromatic heterocycles. The van der Waals surface area contributed by atoms with Gasteiger partial charge in [0.05, 0.1) is 5.75 Å². The average molecular weight is 409 g/mol. The van der Waals surface area contributed by atoms with Crippen LogP contribution >= 0.6 is 11.8 Å². The number of amides is 1. The van der Waals surface area contributed by atoms with Crippen molar-refractivity contribution >= 4 is 17.7 Å². The van der Waals surface area contributed by atoms with Crippen LogP contribution in [0.25, 0.3) is 11.4 Å². The summed E-state index contributed by atoms with van der Waals surface area (Å²) in [6.45, 7) is 6.95. The number of nitrogens with zero attached hydrogens (tertiary/aromatic N) is 3. The van der Waals surface area contributed by atoms with E-state index in [2.05, 4.69) is 65.1 Å². The Kier molecular flexibility index (Phi) is 7.47. The summed E-state index contributed by atoms with van der Waals surface area (Å²) in [5.41, 5.74) is 3.53. The summed E-state index contributed by atoms with van der Waals surface area (Å²) in [4.78, 5) is 12.4. The summed E-state index contributed by atoms with van der Waals surface area (Å²) in [7, 11) is 0. The molecule has 3 aromatic rings. The molecule has 1 amide bonds. The van der Waals surface area contributed by atoms with Gasteiger partial charge in [0.2, 0.25) is 5.91 Å². The second kappa shape index (κ2) is 10.3. The van der Waals surface area contributed by atoms with Crippen LogP contribution < -0.4 is 5.32 Å². The minimum absolute atomic E-state index is 0.0265. The molecule has 0 spiro atoms. The van der Waals surface area contributed by atoms with E-state index in [4.69, 9.17) is 0 Å². The molecule has 1 atom stereocenters. The first kappa shape index (κ1) is 21.1. The van der Waals surface area contributed by atoms with Crippen LogP contribution in [0.15, 0.2) is 59.8 Å². The van der Waals surface area contributed by atoms with Crippen LogP contribution in [0.3, 0.4) is 0 Å². The maximum Gasteiger partial charge on any atom is 0.230 e. The lowest BCUT2D eigenvalue weighted by molar-refractivity contribution is -0.119. The minimum Gasteiger partial charge on any atom is -0.353 e. The number of carbonyl (C=O) groups excluding carboxylic acids is 1. The average Bonchev–Trinajstić information content (AvgIpc) is 3.14. The van der Waals surface area contributed by atoms with E-state index in [0.717, 1.165) is 41.5 Å². The van der Waals surface area contributed by atoms with E-state index in [9.17, 15) is 4.79 Å². The Bertz CT molecular complexity index is 939. The number of hydrogen-bond acceptors (Lipinski definition) is 4. The highest BCUT2D eigenvalue weighted by Crippen LogP contribution is 2.26. The molecule has 152 valence electrons. The third kappa shape index (κ3) is 5.70. The van der Waals surface area contributed by atoms with Gasteiger partial charge in [-0.25, -0.2) is 0 Å². The number of nitrogens with one attached hydrogen (secondary N) is 1. The Morgan fingerprint density at radius 2 is 1.83 bits per heavy atom. The standard InChI is InChI=1S/C23H28N4OS/c1-4-27-22(20-13-9-8-10-17(20)2)25-26-23(27)29-16-21(28)24-18(3)14-15-19-11-6-5-7-12-19/h5-13,18H,4,14-16H2,1-3H3,(H,24,28)/t18-/m0/s1. The second-order valence-electron chi connectivity index (χ2n) is 7.15. The van der Waals surface area contributed by atoms with E-state index < -0.39 is 0 Å². The van der Waals surface area contributed by atoms with Gasteiger partial charge >= 0.3 is 0 Å². The fraction of sp³-hybridized carbons (Fsp3) is 0.348. The van der Waals surface area contributed by atoms with Gasteiger partial charge in [0, 0.05) is 18.2 Å². The summed E-state index contributed by atoms with van der Waals surface area (Å²) in [5.74, 6) is 1.21. The molecular formula is C23H28N4OS. The fourth-order valence-electron chi connectivity index (χ4n) is 3.25. The Labute approximate surface area is 176 Å². The smallest absolute Gasteiger partial charge is 0.230 e. The minimum atomic E-state index is 0.0265. The zero-order valence-electron chi connectivity index (χ0n) is 17.3. The second-order valence-corrected chi connectivity index (χ2v) is 8.09. The number of hydrogen-bond donors (Lipinski definition) is 1. The van der Waals surface area contributed by atoms with Crippen molar-refractivity contribution in [3.63, 3.8) is 0 Å². The lowest BCUT2D eigenvalue weighted by Crippen LogP contribution is -2.34. The molecule has 29 heavy (non-hydrogen) atoms. The zero-order chi connectivity index (χ0) is 20.6. The number of aryl methyl sites for hydroxylation is 2. The van der Waals surface area contributed by atoms with Crippen molar-refractivity contribution in [1.82, 2.24) is 20.1 Å². The van der Waals surface area contributed by atoms with E-state index in [1.807, 2.05) is 30.3 Å². The highest BCUT2D eigenvalue weighted by atomic mass is 32.2. The summed E-state index contributed by atoms with van der Waals surface area (Å²) in [5, 5.41) is 12.6. The van der Waals surface area contributed by atoms with Crippen molar-refractivity contribution in [3.8, 4) is 11.4 Å². The zero-order valence-corrected chi connectivity index (χ0v) is 18.1. The summed E-state index contributed by atoms with van der Waals surface area (Å²) in [6.07, 6.45) is 1.88. The molecule has 3 rings (SSSR count). The molecule has 5 nitrogen and oxygen atoms in total. The van der Waals surface area contributed by atoms with E-state index >= 15 is 0 Å². The predicted octanol–water partition coefficient (Wildman–Crippen LogP) is 4.50. The van der Waals surface area contributed by atoms with Crippen molar-refractivity contribution in [2.75, 3.05) is 5.75 Å². The largest absolute Gasteiger partial charge is 0.353 e. The number of benzene rings is 2. The molecule has 0 saturated heterocycles. The highest BCUT2D eigenvalue weighted by molar-refractivity contribution is 7.99. The monoisotopic (exact) mass is 408 g/mol. The van der Waals surface area contributed by atoms with Crippen LogP contribution in [-0.2, 0) is 17.8 Å². The van der Waals surface area contributed by atoms with Gasteiger partial charge in [0.15, 0.2) is 11.0 Å². The van der Waals surface area contributed by atoms with Crippen LogP contribution in [0, 0.1) is 6.92 Å². The molecule has 1 N–H and O–H groups in total. The molecule has 0 bridgehead atoms. The molecule has 0 aliphatic heterocycles. The van der Waals surface area contributed by atoms with E-state index in [1.165, 1.54) is 17.3 Å². The first-order valence-electron chi connectivity index (χ1n) is 10.0.